The fourth-order valence-corrected chi connectivity index (χ4v) is 4.32. The van der Waals surface area contributed by atoms with Crippen LogP contribution < -0.4 is 15.0 Å². The van der Waals surface area contributed by atoms with Crippen molar-refractivity contribution in [1.29, 1.82) is 0 Å². The van der Waals surface area contributed by atoms with E-state index in [2.05, 4.69) is 5.32 Å². The van der Waals surface area contributed by atoms with Crippen molar-refractivity contribution in [2.45, 2.75) is 43.2 Å². The number of hydrogen-bond donors (Lipinski definition) is 1. The van der Waals surface area contributed by atoms with Crippen molar-refractivity contribution in [3.63, 3.8) is 0 Å². The minimum atomic E-state index is -1.60. The van der Waals surface area contributed by atoms with Gasteiger partial charge in [0.05, 0.1) is 13.5 Å². The molecule has 2 aromatic rings. The zero-order chi connectivity index (χ0) is 22.8. The molecule has 31 heavy (non-hydrogen) atoms. The van der Waals surface area contributed by atoms with Gasteiger partial charge in [-0.25, -0.2) is 4.79 Å². The van der Waals surface area contributed by atoms with Gasteiger partial charge in [-0.15, -0.1) is 0 Å². The second kappa shape index (κ2) is 8.63. The van der Waals surface area contributed by atoms with Gasteiger partial charge in [0.15, 0.2) is 10.7 Å². The average Bonchev–Trinajstić information content (AvgIpc) is 2.88. The highest BCUT2D eigenvalue weighted by molar-refractivity contribution is 8.13. The van der Waals surface area contributed by atoms with E-state index >= 15 is 0 Å². The number of carbonyl (C=O) groups excluding carboxylic acids is 3. The standard InChI is InChI=1S/C23H26N2O5S/c1-22(2,3)30-21(28)24-23(14-19(26)31-16-9-7-6-8-10-16)17-13-15(29-5)11-12-18(17)25(4)20(23)27/h6-13H,14H2,1-5H3,(H,24,28)/t23-/m0/s1. The zero-order valence-corrected chi connectivity index (χ0v) is 19.0. The van der Waals surface area contributed by atoms with Gasteiger partial charge in [-0.05, 0) is 51.1 Å². The number of nitrogens with zero attached hydrogens (tertiary/aromatic N) is 1. The first-order valence-electron chi connectivity index (χ1n) is 9.79. The molecule has 8 heteroatoms. The zero-order valence-electron chi connectivity index (χ0n) is 18.2. The first kappa shape index (κ1) is 22.7. The number of methoxy groups -OCH3 is 1. The summed E-state index contributed by atoms with van der Waals surface area (Å²) in [6.07, 6.45) is -1.02. The Bertz CT molecular complexity index is 1000. The monoisotopic (exact) mass is 442 g/mol. The van der Waals surface area contributed by atoms with Gasteiger partial charge in [0.1, 0.15) is 11.4 Å². The van der Waals surface area contributed by atoms with Crippen molar-refractivity contribution in [3.8, 4) is 5.75 Å². The second-order valence-electron chi connectivity index (χ2n) is 8.24. The molecule has 0 saturated heterocycles. The van der Waals surface area contributed by atoms with Gasteiger partial charge in [-0.1, -0.05) is 30.0 Å². The van der Waals surface area contributed by atoms with Crippen molar-refractivity contribution in [3.05, 3.63) is 54.1 Å². The number of likely N-dealkylation sites (N-methyl/N-ethyl adjacent to an activating group) is 1. The quantitative estimate of drug-likeness (QED) is 0.702. The Morgan fingerprint density at radius 3 is 2.42 bits per heavy atom. The van der Waals surface area contributed by atoms with Crippen molar-refractivity contribution >= 4 is 34.6 Å². The number of hydrogen-bond acceptors (Lipinski definition) is 6. The number of amides is 2. The minimum Gasteiger partial charge on any atom is -0.497 e. The first-order chi connectivity index (χ1) is 14.6. The first-order valence-corrected chi connectivity index (χ1v) is 10.6. The van der Waals surface area contributed by atoms with Crippen LogP contribution in [-0.4, -0.2) is 36.9 Å². The van der Waals surface area contributed by atoms with Crippen LogP contribution in [0.15, 0.2) is 53.4 Å². The summed E-state index contributed by atoms with van der Waals surface area (Å²) >= 11 is 1.02. The molecule has 0 radical (unpaired) electrons. The van der Waals surface area contributed by atoms with Crippen molar-refractivity contribution in [2.75, 3.05) is 19.1 Å². The molecular weight excluding hydrogens is 416 g/mol. The van der Waals surface area contributed by atoms with E-state index in [9.17, 15) is 14.4 Å². The number of alkyl carbamates (subject to hydrolysis) is 1. The van der Waals surface area contributed by atoms with Crippen LogP contribution >= 0.6 is 11.8 Å². The van der Waals surface area contributed by atoms with E-state index < -0.39 is 23.1 Å². The Balaban J connectivity index is 2.02. The number of carbonyl (C=O) groups is 3. The predicted molar refractivity (Wildman–Crippen MR) is 119 cm³/mol. The molecule has 3 rings (SSSR count). The topological polar surface area (TPSA) is 84.9 Å². The molecule has 0 spiro atoms. The predicted octanol–water partition coefficient (Wildman–Crippen LogP) is 4.10. The third kappa shape index (κ3) is 4.85. The van der Waals surface area contributed by atoms with Crippen LogP contribution in [0.25, 0.3) is 0 Å². The number of thioether (sulfide) groups is 1. The van der Waals surface area contributed by atoms with E-state index in [-0.39, 0.29) is 11.5 Å². The van der Waals surface area contributed by atoms with Crippen LogP contribution in [0.4, 0.5) is 10.5 Å². The molecule has 164 valence electrons. The molecular formula is C23H26N2O5S. The SMILES string of the molecule is COc1ccc2c(c1)[C@](CC(=O)Sc1ccccc1)(NC(=O)OC(C)(C)C)C(=O)N2C. The maximum absolute atomic E-state index is 13.4. The molecule has 1 N–H and O–H groups in total. The number of ether oxygens (including phenoxy) is 2. The molecule has 1 aliphatic heterocycles. The molecule has 7 nitrogen and oxygen atoms in total. The van der Waals surface area contributed by atoms with Gasteiger partial charge in [-0.3, -0.25) is 9.59 Å². The molecule has 1 atom stereocenters. The van der Waals surface area contributed by atoms with Gasteiger partial charge < -0.3 is 19.7 Å². The van der Waals surface area contributed by atoms with E-state index in [1.54, 1.807) is 46.0 Å². The highest BCUT2D eigenvalue weighted by Gasteiger charge is 2.53. The Hall–Kier alpha value is -3.00. The van der Waals surface area contributed by atoms with Gasteiger partial charge in [0, 0.05) is 23.2 Å². The fraction of sp³-hybridized carbons (Fsp3) is 0.348. The summed E-state index contributed by atoms with van der Waals surface area (Å²) in [5, 5.41) is 2.45. The van der Waals surface area contributed by atoms with E-state index in [0.717, 1.165) is 16.7 Å². The lowest BCUT2D eigenvalue weighted by Crippen LogP contribution is -2.54. The number of fused-ring (bicyclic) bond motifs is 1. The number of anilines is 1. The van der Waals surface area contributed by atoms with Gasteiger partial charge in [-0.2, -0.15) is 0 Å². The highest BCUT2D eigenvalue weighted by atomic mass is 32.2. The average molecular weight is 443 g/mol. The summed E-state index contributed by atoms with van der Waals surface area (Å²) in [7, 11) is 3.13. The lowest BCUT2D eigenvalue weighted by molar-refractivity contribution is -0.127. The number of benzene rings is 2. The van der Waals surface area contributed by atoms with Crippen molar-refractivity contribution < 1.29 is 23.9 Å². The Labute approximate surface area is 186 Å². The van der Waals surface area contributed by atoms with Crippen LogP contribution in [0.5, 0.6) is 5.75 Å². The van der Waals surface area contributed by atoms with Crippen LogP contribution in [0.2, 0.25) is 0 Å². The van der Waals surface area contributed by atoms with E-state index in [0.29, 0.717) is 17.0 Å². The molecule has 0 unspecified atom stereocenters. The van der Waals surface area contributed by atoms with Gasteiger partial charge in [0.2, 0.25) is 0 Å². The summed E-state index contributed by atoms with van der Waals surface area (Å²) in [5.74, 6) is 0.101. The van der Waals surface area contributed by atoms with E-state index in [1.165, 1.54) is 12.0 Å². The maximum atomic E-state index is 13.4. The number of rotatable bonds is 5. The third-order valence-electron chi connectivity index (χ3n) is 4.79. The second-order valence-corrected chi connectivity index (χ2v) is 9.37. The molecule has 0 saturated carbocycles. The normalized spacial score (nSPS) is 17.8. The fourth-order valence-electron chi connectivity index (χ4n) is 3.47. The third-order valence-corrected chi connectivity index (χ3v) is 5.67. The smallest absolute Gasteiger partial charge is 0.408 e. The lowest BCUT2D eigenvalue weighted by atomic mass is 9.88. The van der Waals surface area contributed by atoms with Crippen LogP contribution in [0.1, 0.15) is 32.8 Å². The number of nitrogens with one attached hydrogen (secondary N) is 1. The van der Waals surface area contributed by atoms with Crippen molar-refractivity contribution in [1.82, 2.24) is 5.32 Å². The summed E-state index contributed by atoms with van der Waals surface area (Å²) in [6, 6.07) is 14.3. The molecule has 1 heterocycles. The van der Waals surface area contributed by atoms with E-state index in [1.807, 2.05) is 30.3 Å². The summed E-state index contributed by atoms with van der Waals surface area (Å²) in [5.41, 5.74) is -1.27. The lowest BCUT2D eigenvalue weighted by Gasteiger charge is -2.30. The highest BCUT2D eigenvalue weighted by Crippen LogP contribution is 2.44. The summed E-state index contributed by atoms with van der Waals surface area (Å²) in [4.78, 5) is 41.4. The van der Waals surface area contributed by atoms with Crippen LogP contribution in [-0.2, 0) is 19.9 Å². The molecule has 0 aromatic heterocycles. The summed E-state index contributed by atoms with van der Waals surface area (Å²) in [6.45, 7) is 5.19. The molecule has 2 amide bonds. The summed E-state index contributed by atoms with van der Waals surface area (Å²) < 4.78 is 10.7. The Kier molecular flexibility index (Phi) is 6.31. The van der Waals surface area contributed by atoms with E-state index in [4.69, 9.17) is 9.47 Å². The molecule has 0 bridgehead atoms. The molecule has 2 aromatic carbocycles. The maximum Gasteiger partial charge on any atom is 0.408 e. The van der Waals surface area contributed by atoms with Crippen LogP contribution in [0.3, 0.4) is 0 Å². The molecule has 1 aliphatic rings. The Morgan fingerprint density at radius 2 is 1.81 bits per heavy atom. The molecule has 0 fully saturated rings. The minimum absolute atomic E-state index is 0.241. The van der Waals surface area contributed by atoms with Crippen molar-refractivity contribution in [2.24, 2.45) is 0 Å². The van der Waals surface area contributed by atoms with Gasteiger partial charge in [0.25, 0.3) is 5.91 Å². The largest absolute Gasteiger partial charge is 0.497 e. The molecule has 0 aliphatic carbocycles. The van der Waals surface area contributed by atoms with Crippen LogP contribution in [0, 0.1) is 0 Å². The Morgan fingerprint density at radius 1 is 1.13 bits per heavy atom. The van der Waals surface area contributed by atoms with Gasteiger partial charge >= 0.3 is 6.09 Å².